The molecular formula is C17H17BrFN3O3. The number of hydrogen-bond donors (Lipinski definition) is 1. The average molecular weight is 410 g/mol. The SMILES string of the molecule is O=[N+]([O-])c1cc(Br)ccc1NCc1ccc(N2CCOCC2)c(F)c1. The molecule has 0 bridgehead atoms. The highest BCUT2D eigenvalue weighted by Crippen LogP contribution is 2.29. The van der Waals surface area contributed by atoms with Crippen molar-refractivity contribution in [3.63, 3.8) is 0 Å². The van der Waals surface area contributed by atoms with E-state index in [4.69, 9.17) is 4.74 Å². The van der Waals surface area contributed by atoms with Crippen molar-refractivity contribution < 1.29 is 14.1 Å². The van der Waals surface area contributed by atoms with Crippen LogP contribution in [0.1, 0.15) is 5.56 Å². The van der Waals surface area contributed by atoms with Gasteiger partial charge >= 0.3 is 0 Å². The maximum atomic E-state index is 14.4. The van der Waals surface area contributed by atoms with Crippen LogP contribution in [0.15, 0.2) is 40.9 Å². The summed E-state index contributed by atoms with van der Waals surface area (Å²) in [7, 11) is 0. The normalized spacial score (nSPS) is 14.4. The van der Waals surface area contributed by atoms with Gasteiger partial charge in [0.05, 0.1) is 23.8 Å². The van der Waals surface area contributed by atoms with Crippen LogP contribution in [0.2, 0.25) is 0 Å². The van der Waals surface area contributed by atoms with Crippen molar-refractivity contribution in [2.45, 2.75) is 6.54 Å². The van der Waals surface area contributed by atoms with E-state index in [9.17, 15) is 14.5 Å². The number of nitro groups is 1. The molecule has 0 aliphatic carbocycles. The number of anilines is 2. The Morgan fingerprint density at radius 2 is 2.00 bits per heavy atom. The molecule has 1 N–H and O–H groups in total. The van der Waals surface area contributed by atoms with Gasteiger partial charge in [0.25, 0.3) is 5.69 Å². The molecule has 8 heteroatoms. The molecule has 0 atom stereocenters. The quantitative estimate of drug-likeness (QED) is 0.598. The smallest absolute Gasteiger partial charge is 0.293 e. The van der Waals surface area contributed by atoms with Gasteiger partial charge in [-0.3, -0.25) is 10.1 Å². The molecule has 0 aromatic heterocycles. The van der Waals surface area contributed by atoms with E-state index in [2.05, 4.69) is 21.2 Å². The number of nitrogens with one attached hydrogen (secondary N) is 1. The lowest BCUT2D eigenvalue weighted by Crippen LogP contribution is -2.36. The second-order valence-corrected chi connectivity index (χ2v) is 6.57. The highest BCUT2D eigenvalue weighted by Gasteiger charge is 2.16. The monoisotopic (exact) mass is 409 g/mol. The first-order chi connectivity index (χ1) is 12.0. The van der Waals surface area contributed by atoms with E-state index in [1.807, 2.05) is 11.0 Å². The van der Waals surface area contributed by atoms with Gasteiger partial charge in [0.1, 0.15) is 11.5 Å². The van der Waals surface area contributed by atoms with Crippen LogP contribution in [-0.2, 0) is 11.3 Å². The Morgan fingerprint density at radius 1 is 1.24 bits per heavy atom. The molecule has 6 nitrogen and oxygen atoms in total. The molecule has 0 radical (unpaired) electrons. The van der Waals surface area contributed by atoms with Crippen LogP contribution in [-0.4, -0.2) is 31.2 Å². The van der Waals surface area contributed by atoms with Crippen molar-refractivity contribution in [2.24, 2.45) is 0 Å². The van der Waals surface area contributed by atoms with Crippen molar-refractivity contribution >= 4 is 33.0 Å². The number of ether oxygens (including phenoxy) is 1. The van der Waals surface area contributed by atoms with Crippen molar-refractivity contribution in [2.75, 3.05) is 36.5 Å². The van der Waals surface area contributed by atoms with Crippen molar-refractivity contribution in [1.82, 2.24) is 0 Å². The number of hydrogen-bond acceptors (Lipinski definition) is 5. The molecule has 0 spiro atoms. The van der Waals surface area contributed by atoms with E-state index in [0.29, 0.717) is 54.3 Å². The van der Waals surface area contributed by atoms with Crippen LogP contribution in [0.5, 0.6) is 0 Å². The van der Waals surface area contributed by atoms with Gasteiger partial charge in [-0.25, -0.2) is 4.39 Å². The topological polar surface area (TPSA) is 67.6 Å². The molecule has 1 saturated heterocycles. The van der Waals surface area contributed by atoms with Crippen molar-refractivity contribution in [3.05, 3.63) is 62.4 Å². The summed E-state index contributed by atoms with van der Waals surface area (Å²) >= 11 is 3.22. The minimum absolute atomic E-state index is 0.0280. The molecule has 2 aromatic rings. The van der Waals surface area contributed by atoms with Gasteiger partial charge in [0.15, 0.2) is 0 Å². The van der Waals surface area contributed by atoms with E-state index in [-0.39, 0.29) is 11.5 Å². The Labute approximate surface area is 152 Å². The molecule has 0 amide bonds. The standard InChI is InChI=1S/C17H17BrFN3O3/c18-13-2-3-15(17(10-13)22(23)24)20-11-12-1-4-16(14(19)9-12)21-5-7-25-8-6-21/h1-4,9-10,20H,5-8,11H2. The van der Waals surface area contributed by atoms with E-state index < -0.39 is 4.92 Å². The van der Waals surface area contributed by atoms with Crippen LogP contribution < -0.4 is 10.2 Å². The van der Waals surface area contributed by atoms with E-state index in [0.717, 1.165) is 0 Å². The molecule has 132 valence electrons. The lowest BCUT2D eigenvalue weighted by Gasteiger charge is -2.29. The summed E-state index contributed by atoms with van der Waals surface area (Å²) in [5, 5.41) is 14.1. The Bertz CT molecular complexity index is 782. The molecule has 2 aromatic carbocycles. The highest BCUT2D eigenvalue weighted by atomic mass is 79.9. The molecule has 1 aliphatic heterocycles. The maximum absolute atomic E-state index is 14.4. The molecule has 0 unspecified atom stereocenters. The Kier molecular flexibility index (Phi) is 5.50. The zero-order valence-corrected chi connectivity index (χ0v) is 15.0. The molecule has 1 aliphatic rings. The zero-order valence-electron chi connectivity index (χ0n) is 13.4. The largest absolute Gasteiger partial charge is 0.378 e. The van der Waals surface area contributed by atoms with E-state index in [1.165, 1.54) is 12.1 Å². The van der Waals surface area contributed by atoms with Gasteiger partial charge in [-0.05, 0) is 29.8 Å². The predicted octanol–water partition coefficient (Wildman–Crippen LogP) is 3.95. The summed E-state index contributed by atoms with van der Waals surface area (Å²) in [6, 6.07) is 9.81. The van der Waals surface area contributed by atoms with E-state index in [1.54, 1.807) is 18.2 Å². The number of halogens is 2. The van der Waals surface area contributed by atoms with Gasteiger partial charge in [0.2, 0.25) is 0 Å². The summed E-state index contributed by atoms with van der Waals surface area (Å²) < 4.78 is 20.3. The van der Waals surface area contributed by atoms with E-state index >= 15 is 0 Å². The molecule has 25 heavy (non-hydrogen) atoms. The van der Waals surface area contributed by atoms with Gasteiger partial charge < -0.3 is 15.0 Å². The summed E-state index contributed by atoms with van der Waals surface area (Å²) in [6.07, 6.45) is 0. The van der Waals surface area contributed by atoms with Gasteiger partial charge in [0, 0.05) is 30.2 Å². The highest BCUT2D eigenvalue weighted by molar-refractivity contribution is 9.10. The zero-order chi connectivity index (χ0) is 17.8. The Morgan fingerprint density at radius 3 is 2.68 bits per heavy atom. The van der Waals surface area contributed by atoms with Crippen LogP contribution in [0.25, 0.3) is 0 Å². The van der Waals surface area contributed by atoms with Crippen LogP contribution in [0.3, 0.4) is 0 Å². The Balaban J connectivity index is 1.72. The fourth-order valence-electron chi connectivity index (χ4n) is 2.72. The second-order valence-electron chi connectivity index (χ2n) is 5.66. The van der Waals surface area contributed by atoms with Crippen LogP contribution in [0, 0.1) is 15.9 Å². The molecule has 0 saturated carbocycles. The first-order valence-corrected chi connectivity index (χ1v) is 8.63. The molecular weight excluding hydrogens is 393 g/mol. The summed E-state index contributed by atoms with van der Waals surface area (Å²) in [6.45, 7) is 2.81. The lowest BCUT2D eigenvalue weighted by atomic mass is 10.1. The Hall–Kier alpha value is -2.19. The number of benzene rings is 2. The average Bonchev–Trinajstić information content (AvgIpc) is 2.61. The second kappa shape index (κ2) is 7.79. The van der Waals surface area contributed by atoms with Gasteiger partial charge in [-0.1, -0.05) is 22.0 Å². The molecule has 3 rings (SSSR count). The van der Waals surface area contributed by atoms with Gasteiger partial charge in [-0.2, -0.15) is 0 Å². The molecule has 1 heterocycles. The van der Waals surface area contributed by atoms with Crippen molar-refractivity contribution in [1.29, 1.82) is 0 Å². The van der Waals surface area contributed by atoms with Crippen LogP contribution >= 0.6 is 15.9 Å². The third-order valence-corrected chi connectivity index (χ3v) is 4.50. The number of rotatable bonds is 5. The fraction of sp³-hybridized carbons (Fsp3) is 0.294. The fourth-order valence-corrected chi connectivity index (χ4v) is 3.07. The number of nitro benzene ring substituents is 1. The number of morpholine rings is 1. The number of nitrogens with zero attached hydrogens (tertiary/aromatic N) is 2. The minimum atomic E-state index is -0.449. The molecule has 1 fully saturated rings. The summed E-state index contributed by atoms with van der Waals surface area (Å²) in [5.74, 6) is -0.300. The predicted molar refractivity (Wildman–Crippen MR) is 97.6 cm³/mol. The summed E-state index contributed by atoms with van der Waals surface area (Å²) in [5.41, 5.74) is 1.64. The first-order valence-electron chi connectivity index (χ1n) is 7.83. The summed E-state index contributed by atoms with van der Waals surface area (Å²) in [4.78, 5) is 12.6. The van der Waals surface area contributed by atoms with Crippen molar-refractivity contribution in [3.8, 4) is 0 Å². The first kappa shape index (κ1) is 17.6. The third kappa shape index (κ3) is 4.26. The van der Waals surface area contributed by atoms with Crippen LogP contribution in [0.4, 0.5) is 21.5 Å². The van der Waals surface area contributed by atoms with Gasteiger partial charge in [-0.15, -0.1) is 0 Å². The lowest BCUT2D eigenvalue weighted by molar-refractivity contribution is -0.384. The maximum Gasteiger partial charge on any atom is 0.293 e. The minimum Gasteiger partial charge on any atom is -0.378 e. The third-order valence-electron chi connectivity index (χ3n) is 4.00.